The predicted molar refractivity (Wildman–Crippen MR) is 202 cm³/mol. The number of anilines is 1. The number of halogens is 4. The number of carbonyl (C=O) groups is 2. The second-order valence-electron chi connectivity index (χ2n) is 11.9. The Morgan fingerprint density at radius 2 is 1.05 bits per heavy atom. The van der Waals surface area contributed by atoms with Crippen LogP contribution in [-0.2, 0) is 6.54 Å². The smallest absolute Gasteiger partial charge is 0.337 e. The number of hydrogen-bond acceptors (Lipinski definition) is 12. The molecule has 0 aliphatic rings. The molecule has 0 radical (unpaired) electrons. The molecule has 3 aromatic heterocycles. The molecule has 0 saturated carbocycles. The quantitative estimate of drug-likeness (QED) is 0.103. The third kappa shape index (κ3) is 7.57. The highest BCUT2D eigenvalue weighted by Gasteiger charge is 2.27. The van der Waals surface area contributed by atoms with E-state index in [0.29, 0.717) is 6.54 Å². The maximum Gasteiger partial charge on any atom is 0.337 e. The highest BCUT2D eigenvalue weighted by molar-refractivity contribution is 6.13. The predicted octanol–water partition coefficient (Wildman–Crippen LogP) is 6.58. The molecule has 0 spiro atoms. The van der Waals surface area contributed by atoms with Crippen LogP contribution in [0.1, 0.15) is 26.4 Å². The van der Waals surface area contributed by atoms with Gasteiger partial charge in [0.25, 0.3) is 5.91 Å². The Balaban J connectivity index is 0.000000203. The average Bonchev–Trinajstić information content (AvgIpc) is 3.67. The maximum atomic E-state index is 15.1. The lowest BCUT2D eigenvalue weighted by molar-refractivity contribution is 0.0698. The van der Waals surface area contributed by atoms with Crippen molar-refractivity contribution in [2.45, 2.75) is 6.54 Å². The third-order valence-corrected chi connectivity index (χ3v) is 8.64. The van der Waals surface area contributed by atoms with Crippen molar-refractivity contribution in [3.05, 3.63) is 107 Å². The van der Waals surface area contributed by atoms with Crippen LogP contribution in [0.5, 0.6) is 23.0 Å². The van der Waals surface area contributed by atoms with E-state index in [1.807, 2.05) is 0 Å². The fourth-order valence-corrected chi connectivity index (χ4v) is 5.99. The van der Waals surface area contributed by atoms with Gasteiger partial charge in [0, 0.05) is 54.6 Å². The van der Waals surface area contributed by atoms with Crippen molar-refractivity contribution in [1.82, 2.24) is 35.2 Å². The molecule has 7 aromatic rings. The van der Waals surface area contributed by atoms with Crippen molar-refractivity contribution in [2.24, 2.45) is 0 Å². The van der Waals surface area contributed by atoms with E-state index < -0.39 is 46.3 Å². The van der Waals surface area contributed by atoms with Gasteiger partial charge in [-0.05, 0) is 19.2 Å². The highest BCUT2D eigenvalue weighted by Crippen LogP contribution is 2.41. The number of ether oxygens (including phenoxy) is 4. The number of H-pyrrole nitrogens is 1. The van der Waals surface area contributed by atoms with Crippen molar-refractivity contribution in [1.29, 1.82) is 0 Å². The fraction of sp³-hybridized carbons (Fsp3) is 0.154. The summed E-state index contributed by atoms with van der Waals surface area (Å²) in [5, 5.41) is 14.9. The first kappa shape index (κ1) is 40.3. The summed E-state index contributed by atoms with van der Waals surface area (Å²) in [5.41, 5.74) is 0.492. The normalized spacial score (nSPS) is 10.8. The van der Waals surface area contributed by atoms with Gasteiger partial charge in [-0.2, -0.15) is 0 Å². The highest BCUT2D eigenvalue weighted by atomic mass is 19.1. The number of benzene rings is 4. The van der Waals surface area contributed by atoms with Crippen molar-refractivity contribution >= 4 is 39.9 Å². The van der Waals surface area contributed by atoms with Crippen LogP contribution in [0.25, 0.3) is 44.3 Å². The number of aromatic amines is 1. The standard InChI is InChI=1S/C22H20F2N6O3.C17H12F2N2O4/c1-25-9-11-10-28-22(29-11)30-21(31)13-5-4-12(19-20(13)27-7-6-26-19)16-17(23)14(32-2)8-15(33-3)18(16)24;1-24-10-7-11(25-2)14(19)12(13(10)18)8-3-4-9(17(22)23)16-15(8)20-5-6-21-16/h4-8,10,25H,9H2,1-3H3,(H2,28,29,30,31);3-7H,1-2H3,(H,22,23). The minimum atomic E-state index is -1.22. The van der Waals surface area contributed by atoms with E-state index in [1.165, 1.54) is 77.5 Å². The number of hydrogen-bond donors (Lipinski definition) is 4. The summed E-state index contributed by atoms with van der Waals surface area (Å²) in [6.45, 7) is 0.549. The number of aromatic carboxylic acids is 1. The van der Waals surface area contributed by atoms with Crippen LogP contribution in [0.3, 0.4) is 0 Å². The van der Waals surface area contributed by atoms with Crippen LogP contribution >= 0.6 is 0 Å². The molecule has 298 valence electrons. The SMILES string of the molecule is CNCc1cnc(NC(=O)c2ccc(-c3c(F)c(OC)cc(OC)c3F)c3nccnc23)[nH]1.COc1cc(OC)c(F)c(-c2ccc(C(=O)O)c3nccnc23)c1F. The summed E-state index contributed by atoms with van der Waals surface area (Å²) in [5.74, 6) is -6.05. The first-order valence-corrected chi connectivity index (χ1v) is 16.9. The monoisotopic (exact) mass is 800 g/mol. The van der Waals surface area contributed by atoms with Gasteiger partial charge in [-0.3, -0.25) is 30.0 Å². The lowest BCUT2D eigenvalue weighted by atomic mass is 9.99. The Kier molecular flexibility index (Phi) is 11.9. The van der Waals surface area contributed by atoms with Gasteiger partial charge in [0.05, 0.1) is 73.6 Å². The zero-order chi connectivity index (χ0) is 41.7. The number of fused-ring (bicyclic) bond motifs is 2. The molecular formula is C39H32F4N8O7. The molecule has 0 aliphatic heterocycles. The Bertz CT molecular complexity index is 2640. The third-order valence-electron chi connectivity index (χ3n) is 8.64. The van der Waals surface area contributed by atoms with Crippen LogP contribution in [0.4, 0.5) is 23.5 Å². The number of nitrogens with zero attached hydrogens (tertiary/aromatic N) is 5. The lowest BCUT2D eigenvalue weighted by Gasteiger charge is -2.15. The fourth-order valence-electron chi connectivity index (χ4n) is 5.99. The number of imidazole rings is 1. The van der Waals surface area contributed by atoms with Gasteiger partial charge in [0.1, 0.15) is 11.0 Å². The second-order valence-corrected chi connectivity index (χ2v) is 11.9. The lowest BCUT2D eigenvalue weighted by Crippen LogP contribution is -2.14. The van der Waals surface area contributed by atoms with E-state index in [2.05, 4.69) is 40.5 Å². The van der Waals surface area contributed by atoms with Crippen LogP contribution < -0.4 is 29.6 Å². The zero-order valence-electron chi connectivity index (χ0n) is 31.2. The molecule has 0 fully saturated rings. The topological polar surface area (TPSA) is 196 Å². The summed E-state index contributed by atoms with van der Waals surface area (Å²) in [7, 11) is 6.80. The van der Waals surface area contributed by atoms with Crippen LogP contribution in [-0.4, -0.2) is 82.4 Å². The van der Waals surface area contributed by atoms with Gasteiger partial charge in [0.15, 0.2) is 46.3 Å². The number of carboxylic acids is 1. The van der Waals surface area contributed by atoms with Gasteiger partial charge in [-0.1, -0.05) is 12.1 Å². The molecule has 58 heavy (non-hydrogen) atoms. The molecule has 4 N–H and O–H groups in total. The number of amides is 1. The molecule has 19 heteroatoms. The molecular weight excluding hydrogens is 768 g/mol. The molecule has 4 aromatic carbocycles. The summed E-state index contributed by atoms with van der Waals surface area (Å²) in [6, 6.07) is 7.54. The first-order chi connectivity index (χ1) is 28.0. The van der Waals surface area contributed by atoms with E-state index in [0.717, 1.165) is 17.8 Å². The van der Waals surface area contributed by atoms with E-state index >= 15 is 8.78 Å². The minimum Gasteiger partial charge on any atom is -0.494 e. The average molecular weight is 801 g/mol. The number of carbonyl (C=O) groups excluding carboxylic acids is 1. The van der Waals surface area contributed by atoms with E-state index in [9.17, 15) is 23.5 Å². The number of aromatic nitrogens is 6. The Hall–Kier alpha value is -7.41. The molecule has 0 saturated heterocycles. The van der Waals surface area contributed by atoms with Crippen molar-refractivity contribution in [3.8, 4) is 45.3 Å². The number of rotatable bonds is 11. The Morgan fingerprint density at radius 1 is 0.638 bits per heavy atom. The molecule has 0 unspecified atom stereocenters. The first-order valence-electron chi connectivity index (χ1n) is 16.9. The van der Waals surface area contributed by atoms with Crippen molar-refractivity contribution < 1.29 is 51.2 Å². The van der Waals surface area contributed by atoms with Crippen molar-refractivity contribution in [2.75, 3.05) is 40.8 Å². The summed E-state index contributed by atoms with van der Waals surface area (Å²) in [6.07, 6.45) is 6.97. The largest absolute Gasteiger partial charge is 0.494 e. The number of methoxy groups -OCH3 is 4. The molecule has 0 atom stereocenters. The minimum absolute atomic E-state index is 0.0214. The van der Waals surface area contributed by atoms with E-state index in [-0.39, 0.29) is 73.3 Å². The van der Waals surface area contributed by atoms with Gasteiger partial charge in [0.2, 0.25) is 5.95 Å². The summed E-state index contributed by atoms with van der Waals surface area (Å²) in [4.78, 5) is 47.9. The summed E-state index contributed by atoms with van der Waals surface area (Å²) >= 11 is 0. The molecule has 15 nitrogen and oxygen atoms in total. The van der Waals surface area contributed by atoms with Crippen molar-refractivity contribution in [3.63, 3.8) is 0 Å². The summed E-state index contributed by atoms with van der Waals surface area (Å²) < 4.78 is 79.6. The van der Waals surface area contributed by atoms with Crippen LogP contribution in [0.2, 0.25) is 0 Å². The van der Waals surface area contributed by atoms with Gasteiger partial charge in [-0.15, -0.1) is 0 Å². The second kappa shape index (κ2) is 17.2. The molecule has 3 heterocycles. The van der Waals surface area contributed by atoms with Crippen LogP contribution in [0, 0.1) is 23.3 Å². The maximum absolute atomic E-state index is 15.1. The molecule has 0 aliphatic carbocycles. The molecule has 0 bridgehead atoms. The number of nitrogens with one attached hydrogen (secondary N) is 3. The zero-order valence-corrected chi connectivity index (χ0v) is 31.2. The van der Waals surface area contributed by atoms with Gasteiger partial charge >= 0.3 is 5.97 Å². The van der Waals surface area contributed by atoms with Gasteiger partial charge in [-0.25, -0.2) is 27.3 Å². The van der Waals surface area contributed by atoms with E-state index in [1.54, 1.807) is 13.2 Å². The Morgan fingerprint density at radius 3 is 1.47 bits per heavy atom. The molecule has 7 rings (SSSR count). The van der Waals surface area contributed by atoms with Crippen LogP contribution in [0.15, 0.2) is 67.4 Å². The Labute approximate surface area is 326 Å². The van der Waals surface area contributed by atoms with E-state index in [4.69, 9.17) is 18.9 Å². The number of carboxylic acid groups (broad SMARTS) is 1. The molecule has 1 amide bonds. The van der Waals surface area contributed by atoms with Gasteiger partial charge < -0.3 is 34.4 Å².